The third-order valence-corrected chi connectivity index (χ3v) is 13.9. The van der Waals surface area contributed by atoms with E-state index in [-0.39, 0.29) is 16.2 Å². The van der Waals surface area contributed by atoms with E-state index in [1.807, 2.05) is 0 Å². The molecule has 1 N–H and O–H groups in total. The van der Waals surface area contributed by atoms with Gasteiger partial charge in [0.25, 0.3) is 0 Å². The summed E-state index contributed by atoms with van der Waals surface area (Å²) in [5, 5.41) is 12.9. The standard InChI is InChI=1S/C32H46O/c1-21(2)23-17-25-8-9-26-19-29(20-31(26)16-10-22(3)27(18-23)28(25,31)4)15-11-24-7-5-12-30(24)13-6-14-32(29,30)33/h10,16,23-26,33H,1,5-9,11-15,17-20H2,2-4H3/t23-,24-,25+,26+,28-,29+,30-,31-,32-/m1/s1. The van der Waals surface area contributed by atoms with Crippen LogP contribution in [0.25, 0.3) is 0 Å². The number of rotatable bonds is 1. The number of aliphatic hydroxyl groups is 1. The van der Waals surface area contributed by atoms with Crippen molar-refractivity contribution in [1.29, 1.82) is 0 Å². The van der Waals surface area contributed by atoms with Crippen molar-refractivity contribution >= 4 is 0 Å². The molecular formula is C32H46O. The number of hydrogen-bond acceptors (Lipinski definition) is 1. The van der Waals surface area contributed by atoms with E-state index in [0.29, 0.717) is 11.3 Å². The molecule has 6 saturated carbocycles. The Balaban J connectivity index is 1.35. The molecule has 7 aliphatic rings. The van der Waals surface area contributed by atoms with E-state index in [9.17, 15) is 5.11 Å². The molecule has 0 unspecified atom stereocenters. The molecule has 180 valence electrons. The summed E-state index contributed by atoms with van der Waals surface area (Å²) in [5.41, 5.74) is 5.33. The summed E-state index contributed by atoms with van der Waals surface area (Å²) in [6, 6.07) is 0. The summed E-state index contributed by atoms with van der Waals surface area (Å²) in [4.78, 5) is 0. The highest BCUT2D eigenvalue weighted by Crippen LogP contribution is 2.81. The van der Waals surface area contributed by atoms with Gasteiger partial charge in [0.05, 0.1) is 5.60 Å². The predicted molar refractivity (Wildman–Crippen MR) is 136 cm³/mol. The minimum atomic E-state index is -0.392. The maximum atomic E-state index is 12.9. The Morgan fingerprint density at radius 3 is 2.61 bits per heavy atom. The van der Waals surface area contributed by atoms with Gasteiger partial charge in [-0.25, -0.2) is 0 Å². The first-order valence-corrected chi connectivity index (χ1v) is 14.5. The van der Waals surface area contributed by atoms with Crippen LogP contribution in [0, 0.1) is 45.3 Å². The van der Waals surface area contributed by atoms with Crippen molar-refractivity contribution in [3.8, 4) is 0 Å². The molecule has 0 radical (unpaired) electrons. The Morgan fingerprint density at radius 1 is 1.00 bits per heavy atom. The molecular weight excluding hydrogens is 400 g/mol. The second-order valence-corrected chi connectivity index (χ2v) is 14.4. The Hall–Kier alpha value is -0.820. The normalized spacial score (nSPS) is 56.5. The van der Waals surface area contributed by atoms with Crippen LogP contribution >= 0.6 is 0 Å². The van der Waals surface area contributed by atoms with Gasteiger partial charge in [0, 0.05) is 21.7 Å². The summed E-state index contributed by atoms with van der Waals surface area (Å²) >= 11 is 0. The zero-order chi connectivity index (χ0) is 22.9. The van der Waals surface area contributed by atoms with Crippen molar-refractivity contribution in [2.75, 3.05) is 0 Å². The van der Waals surface area contributed by atoms with Crippen LogP contribution in [0.5, 0.6) is 0 Å². The number of allylic oxidation sites excluding steroid dienone is 5. The van der Waals surface area contributed by atoms with Gasteiger partial charge in [0.1, 0.15) is 0 Å². The first kappa shape index (κ1) is 21.5. The first-order chi connectivity index (χ1) is 15.7. The highest BCUT2D eigenvalue weighted by atomic mass is 16.3. The molecule has 0 amide bonds. The van der Waals surface area contributed by atoms with Gasteiger partial charge < -0.3 is 5.11 Å². The van der Waals surface area contributed by atoms with Crippen molar-refractivity contribution in [3.05, 3.63) is 35.5 Å². The maximum Gasteiger partial charge on any atom is 0.0762 e. The maximum absolute atomic E-state index is 12.9. The Bertz CT molecular complexity index is 967. The third-order valence-electron chi connectivity index (χ3n) is 13.9. The van der Waals surface area contributed by atoms with E-state index in [1.54, 1.807) is 11.1 Å². The van der Waals surface area contributed by atoms with Gasteiger partial charge in [-0.05, 0) is 121 Å². The van der Waals surface area contributed by atoms with Crippen molar-refractivity contribution in [1.82, 2.24) is 0 Å². The van der Waals surface area contributed by atoms with Gasteiger partial charge in [-0.15, -0.1) is 0 Å². The highest BCUT2D eigenvalue weighted by molar-refractivity contribution is 5.45. The average Bonchev–Trinajstić information content (AvgIpc) is 3.45. The van der Waals surface area contributed by atoms with E-state index in [0.717, 1.165) is 24.2 Å². The first-order valence-electron chi connectivity index (χ1n) is 14.5. The van der Waals surface area contributed by atoms with Gasteiger partial charge in [-0.2, -0.15) is 0 Å². The van der Waals surface area contributed by atoms with Gasteiger partial charge in [0.15, 0.2) is 0 Å². The second kappa shape index (κ2) is 6.48. The molecule has 0 saturated heterocycles. The van der Waals surface area contributed by atoms with Crippen LogP contribution in [0.2, 0.25) is 0 Å². The predicted octanol–water partition coefficient (Wildman–Crippen LogP) is 8.15. The molecule has 0 aromatic carbocycles. The molecule has 0 heterocycles. The fourth-order valence-corrected chi connectivity index (χ4v) is 12.4. The Morgan fingerprint density at radius 2 is 1.79 bits per heavy atom. The fourth-order valence-electron chi connectivity index (χ4n) is 12.4. The van der Waals surface area contributed by atoms with Crippen LogP contribution in [0.3, 0.4) is 0 Å². The monoisotopic (exact) mass is 446 g/mol. The molecule has 1 heteroatoms. The molecule has 1 nitrogen and oxygen atoms in total. The summed E-state index contributed by atoms with van der Waals surface area (Å²) in [5.74, 6) is 3.02. The highest BCUT2D eigenvalue weighted by Gasteiger charge is 2.76. The minimum absolute atomic E-state index is 0.165. The van der Waals surface area contributed by atoms with E-state index in [2.05, 4.69) is 39.5 Å². The summed E-state index contributed by atoms with van der Waals surface area (Å²) in [7, 11) is 0. The van der Waals surface area contributed by atoms with Crippen LogP contribution in [0.4, 0.5) is 0 Å². The molecule has 33 heavy (non-hydrogen) atoms. The van der Waals surface area contributed by atoms with Crippen LogP contribution in [-0.2, 0) is 0 Å². The van der Waals surface area contributed by atoms with Gasteiger partial charge in [0.2, 0.25) is 0 Å². The molecule has 7 aliphatic carbocycles. The van der Waals surface area contributed by atoms with E-state index in [1.165, 1.54) is 89.0 Å². The van der Waals surface area contributed by atoms with Crippen molar-refractivity contribution in [2.45, 2.75) is 116 Å². The van der Waals surface area contributed by atoms with E-state index in [4.69, 9.17) is 0 Å². The zero-order valence-electron chi connectivity index (χ0n) is 21.5. The van der Waals surface area contributed by atoms with Crippen molar-refractivity contribution in [2.24, 2.45) is 45.3 Å². The lowest BCUT2D eigenvalue weighted by Gasteiger charge is -2.64. The molecule has 0 bridgehead atoms. The molecule has 0 aliphatic heterocycles. The lowest BCUT2D eigenvalue weighted by Crippen LogP contribution is -2.61. The largest absolute Gasteiger partial charge is 0.389 e. The molecule has 0 aromatic heterocycles. The van der Waals surface area contributed by atoms with E-state index < -0.39 is 5.60 Å². The molecule has 9 atom stereocenters. The summed E-state index contributed by atoms with van der Waals surface area (Å²) in [6.07, 6.45) is 23.6. The summed E-state index contributed by atoms with van der Waals surface area (Å²) in [6.45, 7) is 11.7. The average molecular weight is 447 g/mol. The summed E-state index contributed by atoms with van der Waals surface area (Å²) < 4.78 is 0. The lowest BCUT2D eigenvalue weighted by molar-refractivity contribution is -0.203. The molecule has 6 fully saturated rings. The topological polar surface area (TPSA) is 20.2 Å². The third kappa shape index (κ3) is 2.23. The minimum Gasteiger partial charge on any atom is -0.389 e. The van der Waals surface area contributed by atoms with Gasteiger partial charge >= 0.3 is 0 Å². The van der Waals surface area contributed by atoms with Gasteiger partial charge in [-0.1, -0.05) is 48.8 Å². The SMILES string of the molecule is C=C(C)[C@H]1CC2=C(C)C=C[C@@]34C[C@]5(CC[C@H]6CCC[C@@]67CCC[C@@]57O)C[C@@H]3CC[C@@H](C1)[C@]24C. The van der Waals surface area contributed by atoms with Crippen molar-refractivity contribution in [3.63, 3.8) is 0 Å². The quantitative estimate of drug-likeness (QED) is 0.403. The number of hydrogen-bond donors (Lipinski definition) is 1. The zero-order valence-corrected chi connectivity index (χ0v) is 21.5. The Labute approximate surface area is 202 Å². The van der Waals surface area contributed by atoms with Crippen LogP contribution < -0.4 is 0 Å². The number of fused-ring (bicyclic) bond motifs is 1. The molecule has 3 spiro atoms. The Kier molecular flexibility index (Phi) is 4.22. The molecule has 0 aromatic rings. The smallest absolute Gasteiger partial charge is 0.0762 e. The molecule has 7 rings (SSSR count). The van der Waals surface area contributed by atoms with Crippen LogP contribution in [0.15, 0.2) is 35.5 Å². The second-order valence-electron chi connectivity index (χ2n) is 14.4. The van der Waals surface area contributed by atoms with Gasteiger partial charge in [-0.3, -0.25) is 0 Å². The van der Waals surface area contributed by atoms with Crippen LogP contribution in [0.1, 0.15) is 111 Å². The van der Waals surface area contributed by atoms with Crippen LogP contribution in [-0.4, -0.2) is 10.7 Å². The van der Waals surface area contributed by atoms with Crippen molar-refractivity contribution < 1.29 is 5.11 Å². The fraction of sp³-hybridized carbons (Fsp3) is 0.812. The van der Waals surface area contributed by atoms with E-state index >= 15 is 0 Å². The lowest BCUT2D eigenvalue weighted by atomic mass is 9.40.